The van der Waals surface area contributed by atoms with Gasteiger partial charge in [-0.1, -0.05) is 37.3 Å². The van der Waals surface area contributed by atoms with Crippen LogP contribution in [0.5, 0.6) is 0 Å². The molecule has 0 N–H and O–H groups in total. The number of carbonyl (C=O) groups is 1. The van der Waals surface area contributed by atoms with Crippen molar-refractivity contribution in [2.24, 2.45) is 5.92 Å². The van der Waals surface area contributed by atoms with Gasteiger partial charge in [0.2, 0.25) is 0 Å². The van der Waals surface area contributed by atoms with E-state index in [0.29, 0.717) is 24.6 Å². The quantitative estimate of drug-likeness (QED) is 0.836. The molecule has 2 unspecified atom stereocenters. The van der Waals surface area contributed by atoms with Gasteiger partial charge in [0.1, 0.15) is 0 Å². The van der Waals surface area contributed by atoms with E-state index in [9.17, 15) is 4.79 Å². The first kappa shape index (κ1) is 16.3. The van der Waals surface area contributed by atoms with E-state index in [-0.39, 0.29) is 6.09 Å². The Balaban J connectivity index is 1.53. The second kappa shape index (κ2) is 7.35. The highest BCUT2D eigenvalue weighted by Crippen LogP contribution is 2.38. The Kier molecular flexibility index (Phi) is 5.21. The van der Waals surface area contributed by atoms with Crippen molar-refractivity contribution in [3.8, 4) is 0 Å². The molecule has 1 aliphatic carbocycles. The van der Waals surface area contributed by atoms with Crippen LogP contribution in [-0.4, -0.2) is 54.7 Å². The number of rotatable bonds is 5. The number of nitrogens with zero attached hydrogens (tertiary/aromatic N) is 2. The SMILES string of the molecule is CC1CC1N(C(=O)OCCc1ccccc1)C1CCN(C)CC1. The third-order valence-electron chi connectivity index (χ3n) is 5.18. The summed E-state index contributed by atoms with van der Waals surface area (Å²) < 4.78 is 5.61. The first-order chi connectivity index (χ1) is 11.1. The van der Waals surface area contributed by atoms with E-state index in [1.165, 1.54) is 5.56 Å². The van der Waals surface area contributed by atoms with E-state index >= 15 is 0 Å². The zero-order chi connectivity index (χ0) is 16.2. The average Bonchev–Trinajstić information content (AvgIpc) is 3.27. The molecule has 4 heteroatoms. The highest BCUT2D eigenvalue weighted by Gasteiger charge is 2.44. The van der Waals surface area contributed by atoms with Crippen molar-refractivity contribution in [3.05, 3.63) is 35.9 Å². The van der Waals surface area contributed by atoms with Gasteiger partial charge in [0, 0.05) is 18.5 Å². The van der Waals surface area contributed by atoms with Crippen LogP contribution in [0.2, 0.25) is 0 Å². The predicted octanol–water partition coefficient (Wildman–Crippen LogP) is 3.17. The fraction of sp³-hybridized carbons (Fsp3) is 0.632. The van der Waals surface area contributed by atoms with Crippen LogP contribution < -0.4 is 0 Å². The maximum Gasteiger partial charge on any atom is 0.410 e. The number of benzene rings is 1. The van der Waals surface area contributed by atoms with Crippen molar-refractivity contribution < 1.29 is 9.53 Å². The van der Waals surface area contributed by atoms with Gasteiger partial charge >= 0.3 is 6.09 Å². The molecule has 0 aromatic heterocycles. The molecular formula is C19H28N2O2. The molecule has 1 saturated carbocycles. The van der Waals surface area contributed by atoms with Crippen LogP contribution >= 0.6 is 0 Å². The fourth-order valence-corrected chi connectivity index (χ4v) is 3.49. The Morgan fingerprint density at radius 2 is 1.91 bits per heavy atom. The van der Waals surface area contributed by atoms with E-state index in [0.717, 1.165) is 38.8 Å². The molecule has 1 aliphatic heterocycles. The summed E-state index contributed by atoms with van der Waals surface area (Å²) in [7, 11) is 2.15. The summed E-state index contributed by atoms with van der Waals surface area (Å²) in [5, 5.41) is 0. The zero-order valence-corrected chi connectivity index (χ0v) is 14.3. The van der Waals surface area contributed by atoms with Crippen molar-refractivity contribution in [1.29, 1.82) is 0 Å². The fourth-order valence-electron chi connectivity index (χ4n) is 3.49. The largest absolute Gasteiger partial charge is 0.449 e. The number of piperidine rings is 1. The minimum absolute atomic E-state index is 0.107. The first-order valence-electron chi connectivity index (χ1n) is 8.82. The van der Waals surface area contributed by atoms with Gasteiger partial charge < -0.3 is 14.5 Å². The van der Waals surface area contributed by atoms with E-state index in [1.54, 1.807) is 0 Å². The molecule has 2 atom stereocenters. The summed E-state index contributed by atoms with van der Waals surface area (Å²) in [6.07, 6.45) is 3.93. The smallest absolute Gasteiger partial charge is 0.410 e. The molecule has 1 amide bonds. The van der Waals surface area contributed by atoms with Crippen LogP contribution in [0.25, 0.3) is 0 Å². The monoisotopic (exact) mass is 316 g/mol. The minimum Gasteiger partial charge on any atom is -0.449 e. The molecule has 1 aromatic rings. The van der Waals surface area contributed by atoms with Crippen molar-refractivity contribution >= 4 is 6.09 Å². The summed E-state index contributed by atoms with van der Waals surface area (Å²) in [6.45, 7) is 4.83. The van der Waals surface area contributed by atoms with Gasteiger partial charge in [-0.05, 0) is 50.9 Å². The molecule has 126 valence electrons. The standard InChI is InChI=1S/C19H28N2O2/c1-15-14-18(15)21(17-8-11-20(2)12-9-17)19(22)23-13-10-16-6-4-3-5-7-16/h3-7,15,17-18H,8-14H2,1-2H3. The molecule has 1 aromatic carbocycles. The molecule has 4 nitrogen and oxygen atoms in total. The van der Waals surface area contributed by atoms with Crippen LogP contribution in [-0.2, 0) is 11.2 Å². The molecule has 0 spiro atoms. The lowest BCUT2D eigenvalue weighted by Crippen LogP contribution is -2.48. The predicted molar refractivity (Wildman–Crippen MR) is 91.4 cm³/mol. The molecule has 2 aliphatic rings. The van der Waals surface area contributed by atoms with Gasteiger partial charge in [-0.25, -0.2) is 4.79 Å². The number of ether oxygens (including phenoxy) is 1. The second-order valence-corrected chi connectivity index (χ2v) is 7.07. The summed E-state index contributed by atoms with van der Waals surface area (Å²) in [5.41, 5.74) is 1.21. The van der Waals surface area contributed by atoms with Gasteiger partial charge in [0.05, 0.1) is 6.61 Å². The van der Waals surface area contributed by atoms with Gasteiger partial charge in [0.15, 0.2) is 0 Å². The summed E-state index contributed by atoms with van der Waals surface area (Å²) in [5.74, 6) is 0.622. The number of likely N-dealkylation sites (tertiary alicyclic amines) is 1. The first-order valence-corrected chi connectivity index (χ1v) is 8.82. The second-order valence-electron chi connectivity index (χ2n) is 7.07. The number of hydrogen-bond donors (Lipinski definition) is 0. The highest BCUT2D eigenvalue weighted by atomic mass is 16.6. The molecule has 2 fully saturated rings. The van der Waals surface area contributed by atoms with Gasteiger partial charge in [-0.3, -0.25) is 0 Å². The number of amides is 1. The third-order valence-corrected chi connectivity index (χ3v) is 5.18. The molecule has 1 saturated heterocycles. The Hall–Kier alpha value is -1.55. The molecular weight excluding hydrogens is 288 g/mol. The lowest BCUT2D eigenvalue weighted by atomic mass is 10.0. The Morgan fingerprint density at radius 3 is 2.52 bits per heavy atom. The Morgan fingerprint density at radius 1 is 1.26 bits per heavy atom. The van der Waals surface area contributed by atoms with Crippen LogP contribution in [0.15, 0.2) is 30.3 Å². The number of hydrogen-bond acceptors (Lipinski definition) is 3. The Bertz CT molecular complexity index is 511. The molecule has 0 radical (unpaired) electrons. The summed E-state index contributed by atoms with van der Waals surface area (Å²) in [6, 6.07) is 10.9. The minimum atomic E-state index is -0.107. The maximum atomic E-state index is 12.6. The van der Waals surface area contributed by atoms with E-state index in [1.807, 2.05) is 18.2 Å². The third kappa shape index (κ3) is 4.25. The topological polar surface area (TPSA) is 32.8 Å². The molecule has 23 heavy (non-hydrogen) atoms. The maximum absolute atomic E-state index is 12.6. The lowest BCUT2D eigenvalue weighted by molar-refractivity contribution is 0.0633. The van der Waals surface area contributed by atoms with E-state index in [2.05, 4.69) is 35.9 Å². The van der Waals surface area contributed by atoms with Crippen LogP contribution in [0, 0.1) is 5.92 Å². The summed E-state index contributed by atoms with van der Waals surface area (Å²) >= 11 is 0. The summed E-state index contributed by atoms with van der Waals surface area (Å²) in [4.78, 5) is 17.0. The average molecular weight is 316 g/mol. The normalized spacial score (nSPS) is 25.1. The van der Waals surface area contributed by atoms with Crippen molar-refractivity contribution in [2.75, 3.05) is 26.7 Å². The van der Waals surface area contributed by atoms with Crippen molar-refractivity contribution in [1.82, 2.24) is 9.80 Å². The van der Waals surface area contributed by atoms with E-state index < -0.39 is 0 Å². The lowest BCUT2D eigenvalue weighted by Gasteiger charge is -2.37. The number of carbonyl (C=O) groups excluding carboxylic acids is 1. The van der Waals surface area contributed by atoms with Gasteiger partial charge in [-0.15, -0.1) is 0 Å². The van der Waals surface area contributed by atoms with Crippen molar-refractivity contribution in [3.63, 3.8) is 0 Å². The Labute approximate surface area is 139 Å². The van der Waals surface area contributed by atoms with E-state index in [4.69, 9.17) is 4.74 Å². The van der Waals surface area contributed by atoms with Gasteiger partial charge in [-0.2, -0.15) is 0 Å². The van der Waals surface area contributed by atoms with Crippen molar-refractivity contribution in [2.45, 2.75) is 44.7 Å². The van der Waals surface area contributed by atoms with Crippen LogP contribution in [0.3, 0.4) is 0 Å². The molecule has 1 heterocycles. The van der Waals surface area contributed by atoms with Gasteiger partial charge in [0.25, 0.3) is 0 Å². The highest BCUT2D eigenvalue weighted by molar-refractivity contribution is 5.69. The molecule has 3 rings (SSSR count). The van der Waals surface area contributed by atoms with Crippen LogP contribution in [0.1, 0.15) is 31.7 Å². The molecule has 0 bridgehead atoms. The van der Waals surface area contributed by atoms with Crippen LogP contribution in [0.4, 0.5) is 4.79 Å². The zero-order valence-electron chi connectivity index (χ0n) is 14.3.